The fourth-order valence-corrected chi connectivity index (χ4v) is 4.74. The third-order valence-electron chi connectivity index (χ3n) is 4.57. The van der Waals surface area contributed by atoms with Crippen molar-refractivity contribution in [2.75, 3.05) is 0 Å². The molecular weight excluding hydrogens is 371 g/mol. The predicted octanol–water partition coefficient (Wildman–Crippen LogP) is 2.81. The van der Waals surface area contributed by atoms with Gasteiger partial charge in [0.25, 0.3) is 5.16 Å². The zero-order valence-electron chi connectivity index (χ0n) is 13.7. The van der Waals surface area contributed by atoms with E-state index in [-0.39, 0.29) is 23.4 Å². The summed E-state index contributed by atoms with van der Waals surface area (Å²) in [5.41, 5.74) is 0.918. The minimum absolute atomic E-state index is 0.131. The molecule has 0 unspecified atom stereocenters. The lowest BCUT2D eigenvalue weighted by molar-refractivity contribution is -0.0728. The highest BCUT2D eigenvalue weighted by Gasteiger charge is 2.41. The van der Waals surface area contributed by atoms with Crippen LogP contribution in [0.3, 0.4) is 0 Å². The highest BCUT2D eigenvalue weighted by Crippen LogP contribution is 2.40. The fourth-order valence-electron chi connectivity index (χ4n) is 3.06. The Kier molecular flexibility index (Phi) is 5.33. The van der Waals surface area contributed by atoms with E-state index < -0.39 is 27.9 Å². The van der Waals surface area contributed by atoms with E-state index in [1.807, 2.05) is 30.3 Å². The molecule has 2 aromatic rings. The molecule has 0 saturated heterocycles. The number of hydrogen-bond donors (Lipinski definition) is 1. The van der Waals surface area contributed by atoms with E-state index in [1.165, 1.54) is 4.68 Å². The molecule has 1 aromatic heterocycles. The van der Waals surface area contributed by atoms with Crippen LogP contribution in [0.4, 0.5) is 13.2 Å². The minimum Gasteiger partial charge on any atom is -0.339 e. The van der Waals surface area contributed by atoms with Crippen LogP contribution in [0.2, 0.25) is 0 Å². The van der Waals surface area contributed by atoms with Crippen LogP contribution in [0.25, 0.3) is 0 Å². The Balaban J connectivity index is 0.000000447. The van der Waals surface area contributed by atoms with Crippen LogP contribution in [0.5, 0.6) is 0 Å². The summed E-state index contributed by atoms with van der Waals surface area (Å²) in [6.45, 7) is -3.17. The Bertz CT molecular complexity index is 851. The molecule has 142 valence electrons. The molecule has 2 heterocycles. The number of sulfone groups is 1. The van der Waals surface area contributed by atoms with Gasteiger partial charge in [-0.25, -0.2) is 17.5 Å². The molecule has 1 fully saturated rings. The van der Waals surface area contributed by atoms with E-state index in [1.54, 1.807) is 0 Å². The van der Waals surface area contributed by atoms with Gasteiger partial charge >= 0.3 is 6.61 Å². The van der Waals surface area contributed by atoms with Crippen molar-refractivity contribution in [1.29, 1.82) is 0 Å². The first-order valence-electron chi connectivity index (χ1n) is 8.16. The number of aliphatic hydroxyl groups is 1. The van der Waals surface area contributed by atoms with Crippen molar-refractivity contribution in [3.8, 4) is 0 Å². The second-order valence-corrected chi connectivity index (χ2v) is 8.32. The minimum atomic E-state index is -3.52. The summed E-state index contributed by atoms with van der Waals surface area (Å²) in [5, 5.41) is 10.3. The number of hydrogen-bond acceptors (Lipinski definition) is 5. The summed E-state index contributed by atoms with van der Waals surface area (Å²) in [6.07, 6.45) is 1.18. The van der Waals surface area contributed by atoms with Crippen LogP contribution in [-0.4, -0.2) is 40.2 Å². The van der Waals surface area contributed by atoms with E-state index in [2.05, 4.69) is 10.1 Å². The van der Waals surface area contributed by atoms with Crippen LogP contribution in [-0.2, 0) is 9.84 Å². The molecule has 4 rings (SSSR count). The quantitative estimate of drug-likeness (QED) is 0.873. The van der Waals surface area contributed by atoms with Gasteiger partial charge in [0.2, 0.25) is 9.84 Å². The molecule has 10 heteroatoms. The number of benzene rings is 1. The molecular formula is C16H18F3N3O3S. The van der Waals surface area contributed by atoms with Crippen LogP contribution in [0.1, 0.15) is 49.3 Å². The SMILES string of the molecule is O=S(=O)(c1nc2n(n1)[C@H](c1ccccc1)C[C@@H]2F)C1CCC1.OC(F)F. The zero-order chi connectivity index (χ0) is 18.9. The summed E-state index contributed by atoms with van der Waals surface area (Å²) >= 11 is 0. The molecule has 2 atom stereocenters. The van der Waals surface area contributed by atoms with Gasteiger partial charge in [-0.2, -0.15) is 13.8 Å². The van der Waals surface area contributed by atoms with E-state index in [0.29, 0.717) is 12.8 Å². The molecule has 1 aromatic carbocycles. The summed E-state index contributed by atoms with van der Waals surface area (Å²) in [6, 6.07) is 9.15. The van der Waals surface area contributed by atoms with Crippen molar-refractivity contribution in [3.05, 3.63) is 41.7 Å². The molecule has 26 heavy (non-hydrogen) atoms. The van der Waals surface area contributed by atoms with E-state index >= 15 is 0 Å². The first kappa shape index (κ1) is 18.8. The van der Waals surface area contributed by atoms with Crippen molar-refractivity contribution in [2.45, 2.75) is 54.9 Å². The molecule has 1 saturated carbocycles. The van der Waals surface area contributed by atoms with Gasteiger partial charge < -0.3 is 5.11 Å². The maximum atomic E-state index is 14.2. The van der Waals surface area contributed by atoms with E-state index in [9.17, 15) is 21.6 Å². The second-order valence-electron chi connectivity index (χ2n) is 6.20. The average Bonchev–Trinajstić information content (AvgIpc) is 3.07. The van der Waals surface area contributed by atoms with Gasteiger partial charge in [0.1, 0.15) is 0 Å². The van der Waals surface area contributed by atoms with Gasteiger partial charge in [-0.3, -0.25) is 0 Å². The van der Waals surface area contributed by atoms with Crippen molar-refractivity contribution in [1.82, 2.24) is 14.8 Å². The maximum absolute atomic E-state index is 14.2. The van der Waals surface area contributed by atoms with Crippen molar-refractivity contribution < 1.29 is 26.7 Å². The third kappa shape index (κ3) is 3.61. The zero-order valence-corrected chi connectivity index (χ0v) is 14.5. The van der Waals surface area contributed by atoms with E-state index in [4.69, 9.17) is 5.11 Å². The van der Waals surface area contributed by atoms with Gasteiger partial charge in [0.15, 0.2) is 12.0 Å². The van der Waals surface area contributed by atoms with Gasteiger partial charge in [-0.1, -0.05) is 36.8 Å². The van der Waals surface area contributed by atoms with Crippen molar-refractivity contribution in [2.24, 2.45) is 0 Å². The standard InChI is InChI=1S/C15H16FN3O2S.CH2F2O/c16-12-9-13(10-5-2-1-3-6-10)19-14(12)17-15(18-19)22(20,21)11-7-4-8-11;2-1(3)4/h1-3,5-6,11-13H,4,7-9H2;1,4H/t12-,13-;/m0./s1. The molecule has 0 radical (unpaired) electrons. The number of aromatic nitrogens is 3. The average molecular weight is 389 g/mol. The topological polar surface area (TPSA) is 85.1 Å². The summed E-state index contributed by atoms with van der Waals surface area (Å²) in [7, 11) is -3.52. The number of nitrogens with zero attached hydrogens (tertiary/aromatic N) is 3. The molecule has 0 amide bonds. The van der Waals surface area contributed by atoms with E-state index in [0.717, 1.165) is 12.0 Å². The predicted molar refractivity (Wildman–Crippen MR) is 86.1 cm³/mol. The lowest BCUT2D eigenvalue weighted by atomic mass is 10.0. The Morgan fingerprint density at radius 3 is 2.35 bits per heavy atom. The fraction of sp³-hybridized carbons (Fsp3) is 0.500. The van der Waals surface area contributed by atoms with Crippen molar-refractivity contribution in [3.63, 3.8) is 0 Å². The Hall–Kier alpha value is -1.94. The molecule has 1 aliphatic carbocycles. The smallest absolute Gasteiger partial charge is 0.339 e. The van der Waals surface area contributed by atoms with Crippen LogP contribution in [0, 0.1) is 0 Å². The van der Waals surface area contributed by atoms with Crippen molar-refractivity contribution >= 4 is 9.84 Å². The van der Waals surface area contributed by atoms with Crippen LogP contribution >= 0.6 is 0 Å². The molecule has 0 bridgehead atoms. The largest absolute Gasteiger partial charge is 0.342 e. The molecule has 0 spiro atoms. The highest BCUT2D eigenvalue weighted by atomic mass is 32.2. The number of alkyl halides is 3. The first-order valence-corrected chi connectivity index (χ1v) is 9.71. The number of halogens is 3. The van der Waals surface area contributed by atoms with Crippen LogP contribution < -0.4 is 0 Å². The van der Waals surface area contributed by atoms with Gasteiger partial charge in [0, 0.05) is 6.42 Å². The summed E-state index contributed by atoms with van der Waals surface area (Å²) in [5.74, 6) is 0.131. The number of fused-ring (bicyclic) bond motifs is 1. The molecule has 2 aliphatic rings. The molecule has 1 aliphatic heterocycles. The summed E-state index contributed by atoms with van der Waals surface area (Å²) < 4.78 is 60.3. The van der Waals surface area contributed by atoms with Gasteiger partial charge in [0.05, 0.1) is 11.3 Å². The second kappa shape index (κ2) is 7.36. The van der Waals surface area contributed by atoms with Crippen LogP contribution in [0.15, 0.2) is 35.5 Å². The first-order chi connectivity index (χ1) is 12.3. The molecule has 6 nitrogen and oxygen atoms in total. The Morgan fingerprint density at radius 2 is 1.81 bits per heavy atom. The number of rotatable bonds is 3. The van der Waals surface area contributed by atoms with Gasteiger partial charge in [-0.05, 0) is 18.4 Å². The lowest BCUT2D eigenvalue weighted by Gasteiger charge is -2.23. The third-order valence-corrected chi connectivity index (χ3v) is 6.60. The van der Waals surface area contributed by atoms with Gasteiger partial charge in [-0.15, -0.1) is 5.10 Å². The maximum Gasteiger partial charge on any atom is 0.342 e. The monoisotopic (exact) mass is 389 g/mol. The lowest BCUT2D eigenvalue weighted by Crippen LogP contribution is -2.29. The normalized spacial score (nSPS) is 22.5. The Labute approximate surface area is 148 Å². The summed E-state index contributed by atoms with van der Waals surface area (Å²) in [4.78, 5) is 4.01. The highest BCUT2D eigenvalue weighted by molar-refractivity contribution is 7.91. The molecule has 1 N–H and O–H groups in total. The number of aliphatic hydroxyl groups excluding tert-OH is 1. The Morgan fingerprint density at radius 1 is 1.19 bits per heavy atom.